The lowest BCUT2D eigenvalue weighted by Gasteiger charge is -2.14. The van der Waals surface area contributed by atoms with E-state index in [1.165, 1.54) is 19.4 Å². The van der Waals surface area contributed by atoms with Gasteiger partial charge in [0.25, 0.3) is 0 Å². The van der Waals surface area contributed by atoms with E-state index in [0.717, 1.165) is 5.06 Å². The van der Waals surface area contributed by atoms with E-state index in [-0.39, 0.29) is 0 Å². The monoisotopic (exact) mass is 185 g/mol. The number of hydrogen-bond donors (Lipinski definition) is 1. The second-order valence-corrected chi connectivity index (χ2v) is 2.23. The Morgan fingerprint density at radius 1 is 1.85 bits per heavy atom. The highest BCUT2D eigenvalue weighted by Crippen LogP contribution is 2.02. The van der Waals surface area contributed by atoms with Crippen molar-refractivity contribution in [2.75, 3.05) is 19.0 Å². The Morgan fingerprint density at radius 3 is 3.15 bits per heavy atom. The molecular weight excluding hydrogens is 174 g/mol. The van der Waals surface area contributed by atoms with Gasteiger partial charge in [-0.1, -0.05) is 5.16 Å². The zero-order valence-electron chi connectivity index (χ0n) is 7.48. The van der Waals surface area contributed by atoms with Crippen molar-refractivity contribution in [1.29, 1.82) is 0 Å². The van der Waals surface area contributed by atoms with Crippen LogP contribution in [0.15, 0.2) is 16.9 Å². The lowest BCUT2D eigenvalue weighted by atomic mass is 10.6. The Balaban J connectivity index is 2.41. The SMILES string of the molecule is CCON(C)C(=O)Nc1ccon1. The molecule has 0 bridgehead atoms. The van der Waals surface area contributed by atoms with Gasteiger partial charge in [-0.3, -0.25) is 10.2 Å². The summed E-state index contributed by atoms with van der Waals surface area (Å²) in [6.45, 7) is 2.22. The smallest absolute Gasteiger partial charge is 0.346 e. The van der Waals surface area contributed by atoms with Crippen LogP contribution in [0.1, 0.15) is 6.92 Å². The van der Waals surface area contributed by atoms with Gasteiger partial charge in [0.15, 0.2) is 5.82 Å². The standard InChI is InChI=1S/C7H11N3O3/c1-3-13-10(2)7(11)8-6-4-5-12-9-6/h4-5H,3H2,1-2H3,(H,8,9,11). The highest BCUT2D eigenvalue weighted by Gasteiger charge is 2.09. The van der Waals surface area contributed by atoms with Crippen LogP contribution in [0.25, 0.3) is 0 Å². The zero-order valence-corrected chi connectivity index (χ0v) is 7.48. The molecule has 6 nitrogen and oxygen atoms in total. The Bertz CT molecular complexity index is 260. The largest absolute Gasteiger partial charge is 0.363 e. The van der Waals surface area contributed by atoms with Gasteiger partial charge in [0, 0.05) is 13.1 Å². The van der Waals surface area contributed by atoms with Gasteiger partial charge in [-0.05, 0) is 6.92 Å². The molecule has 0 aliphatic carbocycles. The molecule has 0 aromatic carbocycles. The molecule has 6 heteroatoms. The summed E-state index contributed by atoms with van der Waals surface area (Å²) in [6.07, 6.45) is 1.37. The lowest BCUT2D eigenvalue weighted by molar-refractivity contribution is -0.0879. The van der Waals surface area contributed by atoms with Crippen LogP contribution in [-0.2, 0) is 4.84 Å². The van der Waals surface area contributed by atoms with Crippen molar-refractivity contribution >= 4 is 11.8 Å². The van der Waals surface area contributed by atoms with Crippen LogP contribution in [0, 0.1) is 0 Å². The summed E-state index contributed by atoms with van der Waals surface area (Å²) < 4.78 is 4.53. The number of anilines is 1. The van der Waals surface area contributed by atoms with Gasteiger partial charge in [0.1, 0.15) is 6.26 Å². The van der Waals surface area contributed by atoms with E-state index in [2.05, 4.69) is 15.0 Å². The molecule has 0 unspecified atom stereocenters. The fourth-order valence-electron chi connectivity index (χ4n) is 0.718. The molecule has 0 fully saturated rings. The van der Waals surface area contributed by atoms with Crippen LogP contribution >= 0.6 is 0 Å². The predicted molar refractivity (Wildman–Crippen MR) is 44.9 cm³/mol. The first kappa shape index (κ1) is 9.53. The van der Waals surface area contributed by atoms with Crippen LogP contribution in [0.2, 0.25) is 0 Å². The lowest BCUT2D eigenvalue weighted by Crippen LogP contribution is -2.31. The van der Waals surface area contributed by atoms with Crippen molar-refractivity contribution in [3.05, 3.63) is 12.3 Å². The summed E-state index contributed by atoms with van der Waals surface area (Å²) in [5.41, 5.74) is 0. The van der Waals surface area contributed by atoms with Gasteiger partial charge < -0.3 is 4.52 Å². The summed E-state index contributed by atoms with van der Waals surface area (Å²) in [5, 5.41) is 7.07. The van der Waals surface area contributed by atoms with Crippen LogP contribution in [-0.4, -0.2) is 29.9 Å². The van der Waals surface area contributed by atoms with E-state index < -0.39 is 6.03 Å². The minimum Gasteiger partial charge on any atom is -0.363 e. The highest BCUT2D eigenvalue weighted by atomic mass is 16.7. The number of carbonyl (C=O) groups is 1. The topological polar surface area (TPSA) is 67.6 Å². The number of carbonyl (C=O) groups excluding carboxylic acids is 1. The van der Waals surface area contributed by atoms with E-state index in [0.29, 0.717) is 12.4 Å². The fraction of sp³-hybridized carbons (Fsp3) is 0.429. The van der Waals surface area contributed by atoms with E-state index >= 15 is 0 Å². The van der Waals surface area contributed by atoms with Gasteiger partial charge in [-0.2, -0.15) is 0 Å². The zero-order chi connectivity index (χ0) is 9.68. The molecule has 0 saturated carbocycles. The summed E-state index contributed by atoms with van der Waals surface area (Å²) in [6, 6.07) is 1.15. The number of aromatic nitrogens is 1. The van der Waals surface area contributed by atoms with Gasteiger partial charge >= 0.3 is 6.03 Å². The van der Waals surface area contributed by atoms with Crippen LogP contribution in [0.5, 0.6) is 0 Å². The number of nitrogens with zero attached hydrogens (tertiary/aromatic N) is 2. The molecule has 0 spiro atoms. The third-order valence-electron chi connectivity index (χ3n) is 1.28. The molecule has 1 aromatic rings. The Labute approximate surface area is 75.4 Å². The van der Waals surface area contributed by atoms with Crippen molar-refractivity contribution in [2.24, 2.45) is 0 Å². The first-order valence-electron chi connectivity index (χ1n) is 3.82. The van der Waals surface area contributed by atoms with Crippen molar-refractivity contribution in [3.63, 3.8) is 0 Å². The number of amides is 2. The second-order valence-electron chi connectivity index (χ2n) is 2.23. The molecule has 1 heterocycles. The maximum absolute atomic E-state index is 11.2. The van der Waals surface area contributed by atoms with Crippen molar-refractivity contribution < 1.29 is 14.2 Å². The van der Waals surface area contributed by atoms with Crippen molar-refractivity contribution in [2.45, 2.75) is 6.92 Å². The molecule has 72 valence electrons. The molecule has 0 aliphatic heterocycles. The van der Waals surface area contributed by atoms with Gasteiger partial charge in [0.2, 0.25) is 0 Å². The van der Waals surface area contributed by atoms with Crippen LogP contribution < -0.4 is 5.32 Å². The number of nitrogens with one attached hydrogen (secondary N) is 1. The maximum atomic E-state index is 11.2. The average Bonchev–Trinajstić information content (AvgIpc) is 2.57. The number of rotatable bonds is 3. The van der Waals surface area contributed by atoms with Gasteiger partial charge in [-0.15, -0.1) is 0 Å². The molecule has 13 heavy (non-hydrogen) atoms. The first-order valence-corrected chi connectivity index (χ1v) is 3.82. The molecule has 0 saturated heterocycles. The van der Waals surface area contributed by atoms with Crippen molar-refractivity contribution in [3.8, 4) is 0 Å². The molecule has 0 radical (unpaired) electrons. The van der Waals surface area contributed by atoms with E-state index in [9.17, 15) is 4.79 Å². The Kier molecular flexibility index (Phi) is 3.27. The molecule has 1 aromatic heterocycles. The Morgan fingerprint density at radius 2 is 2.62 bits per heavy atom. The molecule has 0 aliphatic rings. The summed E-state index contributed by atoms with van der Waals surface area (Å²) in [7, 11) is 1.51. The number of urea groups is 1. The quantitative estimate of drug-likeness (QED) is 0.716. The minimum absolute atomic E-state index is 0.358. The minimum atomic E-state index is -0.393. The third kappa shape index (κ3) is 2.75. The summed E-state index contributed by atoms with van der Waals surface area (Å²) >= 11 is 0. The summed E-state index contributed by atoms with van der Waals surface area (Å²) in [4.78, 5) is 16.1. The van der Waals surface area contributed by atoms with E-state index in [1.54, 1.807) is 6.92 Å². The molecule has 0 atom stereocenters. The Hall–Kier alpha value is -1.56. The highest BCUT2D eigenvalue weighted by molar-refractivity contribution is 5.87. The van der Waals surface area contributed by atoms with Gasteiger partial charge in [0.05, 0.1) is 6.61 Å². The number of hydroxylamine groups is 2. The molecule has 2 amide bonds. The first-order chi connectivity index (χ1) is 6.24. The average molecular weight is 185 g/mol. The van der Waals surface area contributed by atoms with E-state index in [1.807, 2.05) is 0 Å². The van der Waals surface area contributed by atoms with Gasteiger partial charge in [-0.25, -0.2) is 9.86 Å². The third-order valence-corrected chi connectivity index (χ3v) is 1.28. The normalized spacial score (nSPS) is 9.69. The van der Waals surface area contributed by atoms with E-state index in [4.69, 9.17) is 4.84 Å². The fourth-order valence-corrected chi connectivity index (χ4v) is 0.718. The second kappa shape index (κ2) is 4.46. The number of hydrogen-bond acceptors (Lipinski definition) is 4. The molecule has 1 N–H and O–H groups in total. The van der Waals surface area contributed by atoms with Crippen molar-refractivity contribution in [1.82, 2.24) is 10.2 Å². The molecular formula is C7H11N3O3. The maximum Gasteiger partial charge on any atom is 0.346 e. The molecule has 1 rings (SSSR count). The van der Waals surface area contributed by atoms with Crippen LogP contribution in [0.4, 0.5) is 10.6 Å². The summed E-state index contributed by atoms with van der Waals surface area (Å²) in [5.74, 6) is 0.358. The predicted octanol–water partition coefficient (Wildman–Crippen LogP) is 1.09. The van der Waals surface area contributed by atoms with Crippen LogP contribution in [0.3, 0.4) is 0 Å².